The molecule has 0 amide bonds. The maximum Gasteiger partial charge on any atom is 0.323 e. The predicted molar refractivity (Wildman–Crippen MR) is 31.1 cm³/mol. The Morgan fingerprint density at radius 2 is 2.56 bits per heavy atom. The second kappa shape index (κ2) is 3.90. The molecule has 49 valence electrons. The zero-order valence-corrected chi connectivity index (χ0v) is 5.26. The van der Waals surface area contributed by atoms with Crippen LogP contribution in [0.15, 0.2) is 0 Å². The third-order valence-electron chi connectivity index (χ3n) is 0.727. The van der Waals surface area contributed by atoms with Crippen LogP contribution in [0.25, 0.3) is 0 Å². The van der Waals surface area contributed by atoms with Crippen molar-refractivity contribution in [1.29, 1.82) is 5.26 Å². The van der Waals surface area contributed by atoms with E-state index in [1.807, 2.05) is 0 Å². The number of nitriles is 1. The molecule has 0 aliphatic heterocycles. The molecule has 0 bridgehead atoms. The summed E-state index contributed by atoms with van der Waals surface area (Å²) in [7, 11) is 0. The summed E-state index contributed by atoms with van der Waals surface area (Å²) in [5.74, 6) is -1.44. The fraction of sp³-hybridized carbons (Fsp3) is 0.500. The molecular weight excluding hydrogens is 118 g/mol. The van der Waals surface area contributed by atoms with Crippen molar-refractivity contribution in [2.24, 2.45) is 5.92 Å². The Bertz CT molecular complexity index is 136. The van der Waals surface area contributed by atoms with Gasteiger partial charge in [-0.3, -0.25) is 4.79 Å². The van der Waals surface area contributed by atoms with E-state index >= 15 is 0 Å². The number of esters is 1. The molecule has 3 nitrogen and oxygen atoms in total. The molecule has 0 aliphatic rings. The summed E-state index contributed by atoms with van der Waals surface area (Å²) in [4.78, 5) is 10.5. The lowest BCUT2D eigenvalue weighted by Crippen LogP contribution is -2.12. The topological polar surface area (TPSA) is 50.1 Å². The molecule has 1 atom stereocenters. The lowest BCUT2D eigenvalue weighted by Gasteiger charge is -1.99. The molecule has 0 N–H and O–H groups in total. The van der Waals surface area contributed by atoms with Gasteiger partial charge in [-0.15, -0.1) is 0 Å². The Labute approximate surface area is 54.2 Å². The summed E-state index contributed by atoms with van der Waals surface area (Å²) in [6.45, 7) is 5.22. The summed E-state index contributed by atoms with van der Waals surface area (Å²) >= 11 is 0. The first kappa shape index (κ1) is 7.96. The maximum atomic E-state index is 10.5. The van der Waals surface area contributed by atoms with E-state index in [-0.39, 0.29) is 0 Å². The highest BCUT2D eigenvalue weighted by atomic mass is 16.5. The van der Waals surface area contributed by atoms with Gasteiger partial charge in [0.15, 0.2) is 0 Å². The largest absolute Gasteiger partial charge is 0.465 e. The minimum atomic E-state index is -0.884. The molecule has 0 aromatic rings. The molecule has 1 radical (unpaired) electrons. The average Bonchev–Trinajstić information content (AvgIpc) is 1.87. The van der Waals surface area contributed by atoms with Gasteiger partial charge in [-0.1, -0.05) is 0 Å². The molecule has 0 saturated heterocycles. The van der Waals surface area contributed by atoms with Crippen molar-refractivity contribution in [1.82, 2.24) is 0 Å². The first-order valence-electron chi connectivity index (χ1n) is 2.61. The molecule has 1 unspecified atom stereocenters. The lowest BCUT2D eigenvalue weighted by atomic mass is 10.2. The monoisotopic (exact) mass is 126 g/mol. The van der Waals surface area contributed by atoms with E-state index < -0.39 is 11.9 Å². The summed E-state index contributed by atoms with van der Waals surface area (Å²) in [5, 5.41) is 8.12. The fourth-order valence-electron chi connectivity index (χ4n) is 0.296. The van der Waals surface area contributed by atoms with Crippen molar-refractivity contribution in [3.05, 3.63) is 6.92 Å². The van der Waals surface area contributed by atoms with Gasteiger partial charge in [-0.25, -0.2) is 0 Å². The summed E-state index contributed by atoms with van der Waals surface area (Å²) in [6, 6.07) is 1.66. The van der Waals surface area contributed by atoms with Gasteiger partial charge in [0, 0.05) is 0 Å². The smallest absolute Gasteiger partial charge is 0.323 e. The molecule has 0 aromatic carbocycles. The van der Waals surface area contributed by atoms with Crippen LogP contribution in [0, 0.1) is 24.2 Å². The van der Waals surface area contributed by atoms with E-state index in [0.717, 1.165) is 0 Å². The minimum absolute atomic E-state index is 0.298. The molecule has 0 fully saturated rings. The summed E-state index contributed by atoms with van der Waals surface area (Å²) in [5.41, 5.74) is 0. The Kier molecular flexibility index (Phi) is 3.45. The number of ether oxygens (including phenoxy) is 1. The van der Waals surface area contributed by atoms with Gasteiger partial charge in [0.25, 0.3) is 0 Å². The van der Waals surface area contributed by atoms with E-state index in [1.54, 1.807) is 13.0 Å². The lowest BCUT2D eigenvalue weighted by molar-refractivity contribution is -0.144. The Morgan fingerprint density at radius 1 is 2.00 bits per heavy atom. The highest BCUT2D eigenvalue weighted by Gasteiger charge is 2.11. The zero-order chi connectivity index (χ0) is 7.28. The standard InChI is InChI=1S/C6H8NO2/c1-3-9-6(8)5(2)4-7/h5H,2-3H2,1H3. The molecule has 0 spiro atoms. The number of hydrogen-bond acceptors (Lipinski definition) is 3. The van der Waals surface area contributed by atoms with Crippen LogP contribution in [0.2, 0.25) is 0 Å². The Morgan fingerprint density at radius 3 is 2.89 bits per heavy atom. The molecule has 0 saturated carbocycles. The van der Waals surface area contributed by atoms with Gasteiger partial charge < -0.3 is 4.74 Å². The Hall–Kier alpha value is -1.04. The van der Waals surface area contributed by atoms with Crippen molar-refractivity contribution in [2.45, 2.75) is 6.92 Å². The van der Waals surface area contributed by atoms with Crippen LogP contribution >= 0.6 is 0 Å². The van der Waals surface area contributed by atoms with Crippen molar-refractivity contribution >= 4 is 5.97 Å². The van der Waals surface area contributed by atoms with E-state index in [4.69, 9.17) is 5.26 Å². The zero-order valence-electron chi connectivity index (χ0n) is 5.26. The molecule has 0 heterocycles. The van der Waals surface area contributed by atoms with E-state index in [1.165, 1.54) is 0 Å². The number of carbonyl (C=O) groups is 1. The van der Waals surface area contributed by atoms with Gasteiger partial charge in [-0.2, -0.15) is 5.26 Å². The van der Waals surface area contributed by atoms with Crippen LogP contribution < -0.4 is 0 Å². The minimum Gasteiger partial charge on any atom is -0.465 e. The highest BCUT2D eigenvalue weighted by Crippen LogP contribution is 1.93. The van der Waals surface area contributed by atoms with Gasteiger partial charge in [0.1, 0.15) is 5.92 Å². The maximum absolute atomic E-state index is 10.5. The van der Waals surface area contributed by atoms with E-state index in [2.05, 4.69) is 11.7 Å². The third-order valence-corrected chi connectivity index (χ3v) is 0.727. The first-order valence-corrected chi connectivity index (χ1v) is 2.61. The van der Waals surface area contributed by atoms with E-state index in [0.29, 0.717) is 6.61 Å². The summed E-state index contributed by atoms with van der Waals surface area (Å²) < 4.78 is 4.47. The highest BCUT2D eigenvalue weighted by molar-refractivity contribution is 5.75. The molecule has 0 rings (SSSR count). The van der Waals surface area contributed by atoms with Gasteiger partial charge >= 0.3 is 5.97 Å². The van der Waals surface area contributed by atoms with Gasteiger partial charge in [-0.05, 0) is 13.8 Å². The van der Waals surface area contributed by atoms with Gasteiger partial charge in [0.2, 0.25) is 0 Å². The van der Waals surface area contributed by atoms with Crippen LogP contribution in [0.3, 0.4) is 0 Å². The molecule has 9 heavy (non-hydrogen) atoms. The van der Waals surface area contributed by atoms with Crippen molar-refractivity contribution in [3.63, 3.8) is 0 Å². The molecule has 0 aromatic heterocycles. The van der Waals surface area contributed by atoms with Crippen LogP contribution in [0.1, 0.15) is 6.92 Å². The molecular formula is C6H8NO2. The predicted octanol–water partition coefficient (Wildman–Crippen LogP) is 0.523. The third kappa shape index (κ3) is 2.70. The molecule has 0 aliphatic carbocycles. The number of hydrogen-bond donors (Lipinski definition) is 0. The van der Waals surface area contributed by atoms with Crippen LogP contribution in [-0.2, 0) is 9.53 Å². The first-order chi connectivity index (χ1) is 4.22. The van der Waals surface area contributed by atoms with Crippen LogP contribution in [0.5, 0.6) is 0 Å². The number of rotatable bonds is 2. The average molecular weight is 126 g/mol. The van der Waals surface area contributed by atoms with Crippen molar-refractivity contribution in [2.75, 3.05) is 6.61 Å². The normalized spacial score (nSPS) is 11.7. The summed E-state index contributed by atoms with van der Waals surface area (Å²) in [6.07, 6.45) is 0. The fourth-order valence-corrected chi connectivity index (χ4v) is 0.296. The van der Waals surface area contributed by atoms with Crippen molar-refractivity contribution < 1.29 is 9.53 Å². The van der Waals surface area contributed by atoms with Gasteiger partial charge in [0.05, 0.1) is 12.7 Å². The van der Waals surface area contributed by atoms with Crippen LogP contribution in [0.4, 0.5) is 0 Å². The quantitative estimate of drug-likeness (QED) is 0.507. The van der Waals surface area contributed by atoms with Crippen LogP contribution in [-0.4, -0.2) is 12.6 Å². The van der Waals surface area contributed by atoms with E-state index in [9.17, 15) is 4.79 Å². The molecule has 3 heteroatoms. The SMILES string of the molecule is [CH2]C(C#N)C(=O)OCC. The Balaban J connectivity index is 3.63. The van der Waals surface area contributed by atoms with Crippen molar-refractivity contribution in [3.8, 4) is 6.07 Å². The number of carbonyl (C=O) groups excluding carboxylic acids is 1. The second-order valence-electron chi connectivity index (χ2n) is 1.43. The second-order valence-corrected chi connectivity index (χ2v) is 1.43. The number of nitrogens with zero attached hydrogens (tertiary/aromatic N) is 1.